The van der Waals surface area contributed by atoms with Crippen LogP contribution in [0.1, 0.15) is 22.7 Å². The summed E-state index contributed by atoms with van der Waals surface area (Å²) in [5, 5.41) is 6.03. The van der Waals surface area contributed by atoms with Gasteiger partial charge in [0.25, 0.3) is 0 Å². The van der Waals surface area contributed by atoms with Crippen LogP contribution in [0.25, 0.3) is 0 Å². The Kier molecular flexibility index (Phi) is 7.29. The zero-order valence-electron chi connectivity index (χ0n) is 18.3. The number of amides is 2. The molecule has 2 amide bonds. The van der Waals surface area contributed by atoms with Crippen molar-refractivity contribution in [2.45, 2.75) is 19.0 Å². The quantitative estimate of drug-likeness (QED) is 0.651. The molecule has 2 heterocycles. The summed E-state index contributed by atoms with van der Waals surface area (Å²) in [6, 6.07) is 13.7. The molecular weight excluding hydrogens is 428 g/mol. The van der Waals surface area contributed by atoms with Gasteiger partial charge in [0.05, 0.1) is 19.3 Å². The van der Waals surface area contributed by atoms with E-state index in [-0.39, 0.29) is 12.6 Å². The van der Waals surface area contributed by atoms with E-state index in [1.54, 1.807) is 6.07 Å². The molecule has 1 atom stereocenters. The number of hydrogen-bond donors (Lipinski definition) is 2. The van der Waals surface area contributed by atoms with E-state index < -0.39 is 11.8 Å². The number of rotatable bonds is 6. The molecule has 7 nitrogen and oxygen atoms in total. The van der Waals surface area contributed by atoms with E-state index in [4.69, 9.17) is 16.3 Å². The molecule has 0 aliphatic carbocycles. The molecule has 2 aliphatic heterocycles. The number of benzene rings is 2. The maximum Gasteiger partial charge on any atom is 0.309 e. The molecule has 0 bridgehead atoms. The zero-order valence-corrected chi connectivity index (χ0v) is 19.0. The van der Waals surface area contributed by atoms with Crippen LogP contribution in [0.5, 0.6) is 0 Å². The summed E-state index contributed by atoms with van der Waals surface area (Å²) in [6.07, 6.45) is 1.02. The Labute approximate surface area is 193 Å². The van der Waals surface area contributed by atoms with Crippen LogP contribution in [-0.4, -0.2) is 63.2 Å². The van der Waals surface area contributed by atoms with Crippen LogP contribution in [0.15, 0.2) is 42.5 Å². The molecule has 1 fully saturated rings. The summed E-state index contributed by atoms with van der Waals surface area (Å²) in [6.45, 7) is 4.48. The molecule has 2 aromatic rings. The smallest absolute Gasteiger partial charge is 0.309 e. The van der Waals surface area contributed by atoms with Crippen molar-refractivity contribution in [1.82, 2.24) is 15.5 Å². The normalized spacial score (nSPS) is 17.0. The lowest BCUT2D eigenvalue weighted by atomic mass is 10.0. The fraction of sp³-hybridized carbons (Fsp3) is 0.417. The molecule has 32 heavy (non-hydrogen) atoms. The van der Waals surface area contributed by atoms with Crippen molar-refractivity contribution in [3.05, 3.63) is 64.2 Å². The van der Waals surface area contributed by atoms with Gasteiger partial charge in [0.15, 0.2) is 0 Å². The number of fused-ring (bicyclic) bond motifs is 1. The number of anilines is 1. The van der Waals surface area contributed by atoms with E-state index in [9.17, 15) is 9.59 Å². The summed E-state index contributed by atoms with van der Waals surface area (Å²) < 4.78 is 5.51. The van der Waals surface area contributed by atoms with Crippen LogP contribution in [0.4, 0.5) is 5.69 Å². The average molecular weight is 457 g/mol. The minimum absolute atomic E-state index is 0.0181. The van der Waals surface area contributed by atoms with Gasteiger partial charge in [0, 0.05) is 50.5 Å². The highest BCUT2D eigenvalue weighted by Crippen LogP contribution is 2.31. The molecular formula is C24H29ClN4O3. The Hall–Kier alpha value is -2.61. The van der Waals surface area contributed by atoms with E-state index in [1.807, 2.05) is 18.2 Å². The van der Waals surface area contributed by atoms with Crippen molar-refractivity contribution in [2.75, 3.05) is 51.3 Å². The van der Waals surface area contributed by atoms with Gasteiger partial charge in [-0.1, -0.05) is 41.9 Å². The lowest BCUT2D eigenvalue weighted by Crippen LogP contribution is -2.46. The van der Waals surface area contributed by atoms with E-state index in [1.165, 1.54) is 11.3 Å². The van der Waals surface area contributed by atoms with Crippen LogP contribution in [0.2, 0.25) is 5.02 Å². The highest BCUT2D eigenvalue weighted by atomic mass is 35.5. The Morgan fingerprint density at radius 1 is 1.06 bits per heavy atom. The number of likely N-dealkylation sites (N-methyl/N-ethyl adjacent to an activating group) is 1. The number of nitrogens with zero attached hydrogens (tertiary/aromatic N) is 2. The second kappa shape index (κ2) is 10.3. The summed E-state index contributed by atoms with van der Waals surface area (Å²) in [4.78, 5) is 29.4. The van der Waals surface area contributed by atoms with Gasteiger partial charge in [-0.25, -0.2) is 0 Å². The molecule has 0 radical (unpaired) electrons. The van der Waals surface area contributed by atoms with E-state index in [0.29, 0.717) is 24.8 Å². The van der Waals surface area contributed by atoms with Gasteiger partial charge in [-0.2, -0.15) is 0 Å². The van der Waals surface area contributed by atoms with Crippen LogP contribution in [0, 0.1) is 0 Å². The highest BCUT2D eigenvalue weighted by Gasteiger charge is 2.26. The predicted octanol–water partition coefficient (Wildman–Crippen LogP) is 2.14. The second-order valence-electron chi connectivity index (χ2n) is 8.21. The third-order valence-corrected chi connectivity index (χ3v) is 6.53. The standard InChI is InChI=1S/C24H29ClN4O3/c1-28-9-8-18-14-17(6-7-21(18)28)22(29-10-12-32-13-11-29)16-27-24(31)23(30)26-15-19-4-2-3-5-20(19)25/h2-7,14,22H,8-13,15-16H2,1H3,(H,26,30)(H,27,31). The van der Waals surface area contributed by atoms with Crippen LogP contribution < -0.4 is 15.5 Å². The first kappa shape index (κ1) is 22.6. The number of halogens is 1. The molecule has 170 valence electrons. The third kappa shape index (κ3) is 5.23. The van der Waals surface area contributed by atoms with E-state index in [2.05, 4.69) is 45.7 Å². The van der Waals surface area contributed by atoms with E-state index >= 15 is 0 Å². The molecule has 4 rings (SSSR count). The lowest BCUT2D eigenvalue weighted by molar-refractivity contribution is -0.139. The lowest BCUT2D eigenvalue weighted by Gasteiger charge is -2.35. The Bertz CT molecular complexity index is 977. The average Bonchev–Trinajstić information content (AvgIpc) is 3.19. The highest BCUT2D eigenvalue weighted by molar-refractivity contribution is 6.35. The molecule has 8 heteroatoms. The van der Waals surface area contributed by atoms with Gasteiger partial charge in [-0.15, -0.1) is 0 Å². The second-order valence-corrected chi connectivity index (χ2v) is 8.62. The number of carbonyl (C=O) groups is 2. The van der Waals surface area contributed by atoms with Crippen molar-refractivity contribution in [1.29, 1.82) is 0 Å². The minimum Gasteiger partial charge on any atom is -0.379 e. The van der Waals surface area contributed by atoms with Crippen molar-refractivity contribution in [2.24, 2.45) is 0 Å². The fourth-order valence-electron chi connectivity index (χ4n) is 4.31. The maximum absolute atomic E-state index is 12.5. The van der Waals surface area contributed by atoms with Crippen molar-refractivity contribution in [3.8, 4) is 0 Å². The molecule has 1 saturated heterocycles. The Morgan fingerprint density at radius 2 is 1.81 bits per heavy atom. The topological polar surface area (TPSA) is 73.9 Å². The van der Waals surface area contributed by atoms with Crippen molar-refractivity contribution >= 4 is 29.1 Å². The van der Waals surface area contributed by atoms with Crippen LogP contribution in [0.3, 0.4) is 0 Å². The SMILES string of the molecule is CN1CCc2cc(C(CNC(=O)C(=O)NCc3ccccc3Cl)N3CCOCC3)ccc21. The number of ether oxygens (including phenoxy) is 1. The summed E-state index contributed by atoms with van der Waals surface area (Å²) in [7, 11) is 2.10. The molecule has 0 spiro atoms. The van der Waals surface area contributed by atoms with Gasteiger partial charge >= 0.3 is 11.8 Å². The van der Waals surface area contributed by atoms with Crippen LogP contribution >= 0.6 is 11.6 Å². The minimum atomic E-state index is -0.666. The molecule has 2 N–H and O–H groups in total. The summed E-state index contributed by atoms with van der Waals surface area (Å²) in [5.74, 6) is -1.31. The molecule has 2 aromatic carbocycles. The third-order valence-electron chi connectivity index (χ3n) is 6.16. The largest absolute Gasteiger partial charge is 0.379 e. The van der Waals surface area contributed by atoms with Gasteiger partial charge in [-0.05, 0) is 35.2 Å². The van der Waals surface area contributed by atoms with Gasteiger partial charge < -0.3 is 20.3 Å². The van der Waals surface area contributed by atoms with E-state index in [0.717, 1.165) is 37.2 Å². The zero-order chi connectivity index (χ0) is 22.5. The molecule has 2 aliphatic rings. The molecule has 1 unspecified atom stereocenters. The van der Waals surface area contributed by atoms with Crippen molar-refractivity contribution < 1.29 is 14.3 Å². The number of carbonyl (C=O) groups excluding carboxylic acids is 2. The van der Waals surface area contributed by atoms with Gasteiger partial charge in [0.2, 0.25) is 0 Å². The predicted molar refractivity (Wildman–Crippen MR) is 125 cm³/mol. The molecule has 0 saturated carbocycles. The van der Waals surface area contributed by atoms with Gasteiger partial charge in [0.1, 0.15) is 0 Å². The molecule has 0 aromatic heterocycles. The Morgan fingerprint density at radius 3 is 2.59 bits per heavy atom. The Balaban J connectivity index is 1.40. The fourth-order valence-corrected chi connectivity index (χ4v) is 4.51. The summed E-state index contributed by atoms with van der Waals surface area (Å²) >= 11 is 6.12. The first-order chi connectivity index (χ1) is 15.5. The first-order valence-electron chi connectivity index (χ1n) is 11.0. The van der Waals surface area contributed by atoms with Crippen LogP contribution in [-0.2, 0) is 27.3 Å². The summed E-state index contributed by atoms with van der Waals surface area (Å²) in [5.41, 5.74) is 4.51. The van der Waals surface area contributed by atoms with Crippen molar-refractivity contribution in [3.63, 3.8) is 0 Å². The monoisotopic (exact) mass is 456 g/mol. The van der Waals surface area contributed by atoms with Gasteiger partial charge in [-0.3, -0.25) is 14.5 Å². The maximum atomic E-state index is 12.5. The number of hydrogen-bond acceptors (Lipinski definition) is 5. The number of nitrogens with one attached hydrogen (secondary N) is 2. The first-order valence-corrected chi connectivity index (χ1v) is 11.4. The number of morpholine rings is 1.